The Morgan fingerprint density at radius 1 is 1.18 bits per heavy atom. The molecule has 4 nitrogen and oxygen atoms in total. The molecule has 0 radical (unpaired) electrons. The lowest BCUT2D eigenvalue weighted by molar-refractivity contribution is -0.122. The van der Waals surface area contributed by atoms with Crippen LogP contribution in [0.5, 0.6) is 0 Å². The summed E-state index contributed by atoms with van der Waals surface area (Å²) in [4.78, 5) is 14.7. The molecule has 128 valence electrons. The van der Waals surface area contributed by atoms with Gasteiger partial charge in [-0.2, -0.15) is 0 Å². The molecule has 2 unspecified atom stereocenters. The minimum Gasteiger partial charge on any atom is -0.355 e. The summed E-state index contributed by atoms with van der Waals surface area (Å²) >= 11 is 0. The topological polar surface area (TPSA) is 44.4 Å². The molecule has 0 aromatic rings. The summed E-state index contributed by atoms with van der Waals surface area (Å²) in [5.74, 6) is 2.33. The van der Waals surface area contributed by atoms with E-state index in [9.17, 15) is 4.79 Å². The lowest BCUT2D eigenvalue weighted by atomic mass is 9.84. The van der Waals surface area contributed by atoms with Crippen LogP contribution in [0.15, 0.2) is 0 Å². The fourth-order valence-corrected chi connectivity index (χ4v) is 3.80. The van der Waals surface area contributed by atoms with Crippen LogP contribution in [-0.4, -0.2) is 49.6 Å². The number of hydrogen-bond donors (Lipinski definition) is 2. The third-order valence-electron chi connectivity index (χ3n) is 5.73. The first-order valence-electron chi connectivity index (χ1n) is 9.27. The first-order valence-corrected chi connectivity index (χ1v) is 9.27. The van der Waals surface area contributed by atoms with Crippen molar-refractivity contribution in [2.24, 2.45) is 17.8 Å². The second kappa shape index (κ2) is 8.88. The molecule has 0 spiro atoms. The maximum absolute atomic E-state index is 12.2. The van der Waals surface area contributed by atoms with Crippen LogP contribution in [0.2, 0.25) is 0 Å². The van der Waals surface area contributed by atoms with Crippen LogP contribution in [0.3, 0.4) is 0 Å². The van der Waals surface area contributed by atoms with E-state index in [1.165, 1.54) is 38.8 Å². The normalized spacial score (nSPS) is 24.9. The zero-order valence-corrected chi connectivity index (χ0v) is 14.7. The molecular weight excluding hydrogens is 274 g/mol. The number of likely N-dealkylation sites (tertiary alicyclic amines) is 1. The Kier molecular flexibility index (Phi) is 7.16. The van der Waals surface area contributed by atoms with Crippen molar-refractivity contribution >= 4 is 5.91 Å². The van der Waals surface area contributed by atoms with E-state index in [0.29, 0.717) is 24.3 Å². The minimum atomic E-state index is 0.239. The van der Waals surface area contributed by atoms with E-state index in [2.05, 4.69) is 36.3 Å². The molecule has 0 aromatic carbocycles. The molecule has 0 aliphatic carbocycles. The quantitative estimate of drug-likeness (QED) is 0.791. The van der Waals surface area contributed by atoms with E-state index in [1.807, 2.05) is 0 Å². The van der Waals surface area contributed by atoms with Crippen molar-refractivity contribution in [1.82, 2.24) is 15.5 Å². The Labute approximate surface area is 136 Å². The molecule has 22 heavy (non-hydrogen) atoms. The van der Waals surface area contributed by atoms with Gasteiger partial charge in [0.15, 0.2) is 0 Å². The van der Waals surface area contributed by atoms with Crippen molar-refractivity contribution in [3.05, 3.63) is 0 Å². The van der Waals surface area contributed by atoms with Gasteiger partial charge in [0.25, 0.3) is 0 Å². The molecule has 1 amide bonds. The highest BCUT2D eigenvalue weighted by Crippen LogP contribution is 2.24. The molecule has 0 bridgehead atoms. The second-order valence-corrected chi connectivity index (χ2v) is 7.64. The van der Waals surface area contributed by atoms with Crippen LogP contribution in [0.1, 0.15) is 52.9 Å². The van der Waals surface area contributed by atoms with Crippen molar-refractivity contribution in [1.29, 1.82) is 0 Å². The van der Waals surface area contributed by atoms with E-state index in [1.54, 1.807) is 0 Å². The lowest BCUT2D eigenvalue weighted by Crippen LogP contribution is -2.45. The van der Waals surface area contributed by atoms with Gasteiger partial charge in [-0.1, -0.05) is 13.8 Å². The van der Waals surface area contributed by atoms with Crippen molar-refractivity contribution in [2.45, 2.75) is 58.9 Å². The summed E-state index contributed by atoms with van der Waals surface area (Å²) < 4.78 is 0. The molecular formula is C18H35N3O. The predicted molar refractivity (Wildman–Crippen MR) is 91.8 cm³/mol. The maximum atomic E-state index is 12.2. The highest BCUT2D eigenvalue weighted by Gasteiger charge is 2.23. The zero-order chi connectivity index (χ0) is 15.9. The van der Waals surface area contributed by atoms with Crippen molar-refractivity contribution < 1.29 is 4.79 Å². The van der Waals surface area contributed by atoms with Gasteiger partial charge in [0.2, 0.25) is 5.91 Å². The molecule has 2 saturated heterocycles. The Bertz CT molecular complexity index is 333. The van der Waals surface area contributed by atoms with E-state index in [0.717, 1.165) is 25.6 Å². The van der Waals surface area contributed by atoms with E-state index in [4.69, 9.17) is 0 Å². The number of amides is 1. The molecule has 2 N–H and O–H groups in total. The molecule has 0 aromatic heterocycles. The number of rotatable bonds is 6. The SMILES string of the molecule is CC1CCN(C(C)CNC(=O)CC(C)C2CCNCC2)CC1. The summed E-state index contributed by atoms with van der Waals surface area (Å²) in [6, 6.07) is 0.464. The molecule has 0 saturated carbocycles. The fraction of sp³-hybridized carbons (Fsp3) is 0.944. The van der Waals surface area contributed by atoms with E-state index >= 15 is 0 Å². The number of nitrogens with one attached hydrogen (secondary N) is 2. The monoisotopic (exact) mass is 309 g/mol. The summed E-state index contributed by atoms with van der Waals surface area (Å²) in [6.45, 7) is 12.2. The smallest absolute Gasteiger partial charge is 0.220 e. The number of nitrogens with zero attached hydrogens (tertiary/aromatic N) is 1. The molecule has 4 heteroatoms. The number of carbonyl (C=O) groups is 1. The fourth-order valence-electron chi connectivity index (χ4n) is 3.80. The van der Waals surface area contributed by atoms with Crippen LogP contribution in [0.4, 0.5) is 0 Å². The third kappa shape index (κ3) is 5.54. The Morgan fingerprint density at radius 3 is 2.45 bits per heavy atom. The van der Waals surface area contributed by atoms with Gasteiger partial charge in [0.1, 0.15) is 0 Å². The van der Waals surface area contributed by atoms with Crippen molar-refractivity contribution in [2.75, 3.05) is 32.7 Å². The van der Waals surface area contributed by atoms with Gasteiger partial charge in [0.05, 0.1) is 0 Å². The summed E-state index contributed by atoms with van der Waals surface area (Å²) in [7, 11) is 0. The average molecular weight is 309 g/mol. The highest BCUT2D eigenvalue weighted by molar-refractivity contribution is 5.76. The Morgan fingerprint density at radius 2 is 1.82 bits per heavy atom. The van der Waals surface area contributed by atoms with Crippen LogP contribution in [-0.2, 0) is 4.79 Å². The maximum Gasteiger partial charge on any atom is 0.220 e. The lowest BCUT2D eigenvalue weighted by Gasteiger charge is -2.35. The molecule has 2 atom stereocenters. The minimum absolute atomic E-state index is 0.239. The summed E-state index contributed by atoms with van der Waals surface area (Å²) in [5, 5.41) is 6.56. The molecule has 2 heterocycles. The Hall–Kier alpha value is -0.610. The average Bonchev–Trinajstić information content (AvgIpc) is 2.54. The van der Waals surface area contributed by atoms with Crippen LogP contribution in [0.25, 0.3) is 0 Å². The van der Waals surface area contributed by atoms with Gasteiger partial charge in [0, 0.05) is 19.0 Å². The summed E-state index contributed by atoms with van der Waals surface area (Å²) in [6.07, 6.45) is 5.72. The van der Waals surface area contributed by atoms with Crippen molar-refractivity contribution in [3.63, 3.8) is 0 Å². The number of carbonyl (C=O) groups excluding carboxylic acids is 1. The van der Waals surface area contributed by atoms with Gasteiger partial charge < -0.3 is 10.6 Å². The second-order valence-electron chi connectivity index (χ2n) is 7.64. The van der Waals surface area contributed by atoms with E-state index < -0.39 is 0 Å². The van der Waals surface area contributed by atoms with E-state index in [-0.39, 0.29) is 5.91 Å². The van der Waals surface area contributed by atoms with Gasteiger partial charge in [-0.3, -0.25) is 9.69 Å². The van der Waals surface area contributed by atoms with Gasteiger partial charge in [-0.25, -0.2) is 0 Å². The highest BCUT2D eigenvalue weighted by atomic mass is 16.1. The molecule has 2 aliphatic heterocycles. The van der Waals surface area contributed by atoms with Crippen molar-refractivity contribution in [3.8, 4) is 0 Å². The first-order chi connectivity index (χ1) is 10.6. The standard InChI is InChI=1S/C18H35N3O/c1-14-6-10-21(11-7-14)16(3)13-20-18(22)12-15(2)17-4-8-19-9-5-17/h14-17,19H,4-13H2,1-3H3,(H,20,22). The molecule has 2 fully saturated rings. The largest absolute Gasteiger partial charge is 0.355 e. The summed E-state index contributed by atoms with van der Waals surface area (Å²) in [5.41, 5.74) is 0. The molecule has 2 aliphatic rings. The van der Waals surface area contributed by atoms with Gasteiger partial charge in [-0.05, 0) is 76.5 Å². The number of hydrogen-bond acceptors (Lipinski definition) is 3. The molecule has 2 rings (SSSR count). The number of piperidine rings is 2. The first kappa shape index (κ1) is 17.7. The van der Waals surface area contributed by atoms with Gasteiger partial charge >= 0.3 is 0 Å². The van der Waals surface area contributed by atoms with Crippen LogP contribution in [0, 0.1) is 17.8 Å². The third-order valence-corrected chi connectivity index (χ3v) is 5.73. The van der Waals surface area contributed by atoms with Gasteiger partial charge in [-0.15, -0.1) is 0 Å². The Balaban J connectivity index is 1.64. The van der Waals surface area contributed by atoms with Crippen LogP contribution >= 0.6 is 0 Å². The van der Waals surface area contributed by atoms with Crippen LogP contribution < -0.4 is 10.6 Å². The zero-order valence-electron chi connectivity index (χ0n) is 14.7. The predicted octanol–water partition coefficient (Wildman–Crippen LogP) is 2.25.